The van der Waals surface area contributed by atoms with Crippen LogP contribution in [0, 0.1) is 17.8 Å². The van der Waals surface area contributed by atoms with Gasteiger partial charge in [0.2, 0.25) is 0 Å². The van der Waals surface area contributed by atoms with Gasteiger partial charge in [-0.3, -0.25) is 0 Å². The minimum Gasteiger partial charge on any atom is -0.381 e. The van der Waals surface area contributed by atoms with Gasteiger partial charge in [0.25, 0.3) is 0 Å². The molecule has 0 amide bonds. The molecule has 0 bridgehead atoms. The van der Waals surface area contributed by atoms with Gasteiger partial charge in [0.15, 0.2) is 0 Å². The maximum absolute atomic E-state index is 5.75. The van der Waals surface area contributed by atoms with E-state index >= 15 is 0 Å². The zero-order valence-electron chi connectivity index (χ0n) is 12.9. The Bertz CT molecular complexity index is 199. The summed E-state index contributed by atoms with van der Waals surface area (Å²) in [6.45, 7) is 12.2. The highest BCUT2D eigenvalue weighted by Gasteiger charge is 2.22. The molecule has 1 aliphatic carbocycles. The molecule has 0 heterocycles. The molecule has 0 aromatic heterocycles. The van der Waals surface area contributed by atoms with Gasteiger partial charge in [-0.2, -0.15) is 0 Å². The van der Waals surface area contributed by atoms with Crippen molar-refractivity contribution in [1.82, 2.24) is 5.32 Å². The number of nitrogens with one attached hydrogen (secondary N) is 1. The second-order valence-electron chi connectivity index (χ2n) is 6.76. The molecule has 2 nitrogen and oxygen atoms in total. The molecule has 1 N–H and O–H groups in total. The second kappa shape index (κ2) is 8.92. The van der Waals surface area contributed by atoms with Crippen molar-refractivity contribution >= 4 is 0 Å². The molecule has 1 rings (SSSR count). The molecule has 1 saturated carbocycles. The van der Waals surface area contributed by atoms with Gasteiger partial charge in [0, 0.05) is 19.3 Å². The molecule has 2 heteroatoms. The molecule has 0 aliphatic heterocycles. The maximum Gasteiger partial charge on any atom is 0.0469 e. The lowest BCUT2D eigenvalue weighted by atomic mass is 9.94. The standard InChI is InChI=1S/C16H33NO/c1-13(2)7-9-18-10-8-15(11-14(3)4)12-17-16-5-6-16/h13-17H,5-12H2,1-4H3. The summed E-state index contributed by atoms with van der Waals surface area (Å²) in [5.41, 5.74) is 0. The van der Waals surface area contributed by atoms with E-state index in [4.69, 9.17) is 4.74 Å². The van der Waals surface area contributed by atoms with Crippen LogP contribution in [-0.4, -0.2) is 25.8 Å². The van der Waals surface area contributed by atoms with E-state index in [0.717, 1.165) is 37.0 Å². The minimum absolute atomic E-state index is 0.757. The van der Waals surface area contributed by atoms with E-state index in [1.807, 2.05) is 0 Å². The molecule has 0 aromatic rings. The van der Waals surface area contributed by atoms with Crippen LogP contribution in [0.5, 0.6) is 0 Å². The van der Waals surface area contributed by atoms with Crippen LogP contribution in [0.2, 0.25) is 0 Å². The summed E-state index contributed by atoms with van der Waals surface area (Å²) in [4.78, 5) is 0. The van der Waals surface area contributed by atoms with Gasteiger partial charge in [-0.25, -0.2) is 0 Å². The first-order chi connectivity index (χ1) is 8.58. The molecule has 108 valence electrons. The number of hydrogen-bond donors (Lipinski definition) is 1. The molecular formula is C16H33NO. The van der Waals surface area contributed by atoms with E-state index in [-0.39, 0.29) is 0 Å². The van der Waals surface area contributed by atoms with Crippen LogP contribution in [0.15, 0.2) is 0 Å². The van der Waals surface area contributed by atoms with E-state index in [2.05, 4.69) is 33.0 Å². The Morgan fingerprint density at radius 1 is 1.00 bits per heavy atom. The van der Waals surface area contributed by atoms with Crippen LogP contribution in [-0.2, 0) is 4.74 Å². The first-order valence-electron chi connectivity index (χ1n) is 7.89. The normalized spacial score (nSPS) is 17.7. The van der Waals surface area contributed by atoms with Gasteiger partial charge < -0.3 is 10.1 Å². The molecule has 0 spiro atoms. The highest BCUT2D eigenvalue weighted by molar-refractivity contribution is 4.82. The van der Waals surface area contributed by atoms with Crippen molar-refractivity contribution in [2.24, 2.45) is 17.8 Å². The van der Waals surface area contributed by atoms with Gasteiger partial charge in [0.05, 0.1) is 0 Å². The monoisotopic (exact) mass is 255 g/mol. The number of ether oxygens (including phenoxy) is 1. The van der Waals surface area contributed by atoms with Crippen molar-refractivity contribution in [3.63, 3.8) is 0 Å². The molecule has 18 heavy (non-hydrogen) atoms. The molecule has 1 unspecified atom stereocenters. The van der Waals surface area contributed by atoms with Crippen molar-refractivity contribution in [2.45, 2.75) is 65.8 Å². The maximum atomic E-state index is 5.75. The summed E-state index contributed by atoms with van der Waals surface area (Å²) >= 11 is 0. The third-order valence-electron chi connectivity index (χ3n) is 3.59. The van der Waals surface area contributed by atoms with Gasteiger partial charge >= 0.3 is 0 Å². The quantitative estimate of drug-likeness (QED) is 0.566. The lowest BCUT2D eigenvalue weighted by Gasteiger charge is -2.19. The van der Waals surface area contributed by atoms with Gasteiger partial charge in [-0.05, 0) is 56.4 Å². The molecule has 1 atom stereocenters. The van der Waals surface area contributed by atoms with Gasteiger partial charge in [0.1, 0.15) is 0 Å². The lowest BCUT2D eigenvalue weighted by molar-refractivity contribution is 0.107. The van der Waals surface area contributed by atoms with Crippen LogP contribution >= 0.6 is 0 Å². The first kappa shape index (κ1) is 16.0. The van der Waals surface area contributed by atoms with Gasteiger partial charge in [-0.15, -0.1) is 0 Å². The zero-order chi connectivity index (χ0) is 13.4. The average molecular weight is 255 g/mol. The van der Waals surface area contributed by atoms with E-state index in [9.17, 15) is 0 Å². The van der Waals surface area contributed by atoms with Crippen LogP contribution in [0.4, 0.5) is 0 Å². The summed E-state index contributed by atoms with van der Waals surface area (Å²) < 4.78 is 5.75. The molecule has 1 fully saturated rings. The second-order valence-corrected chi connectivity index (χ2v) is 6.76. The number of rotatable bonds is 11. The van der Waals surface area contributed by atoms with Crippen molar-refractivity contribution in [3.8, 4) is 0 Å². The summed E-state index contributed by atoms with van der Waals surface area (Å²) in [7, 11) is 0. The lowest BCUT2D eigenvalue weighted by Crippen LogP contribution is -2.26. The van der Waals surface area contributed by atoms with E-state index in [1.165, 1.54) is 38.6 Å². The Balaban J connectivity index is 2.06. The van der Waals surface area contributed by atoms with Crippen molar-refractivity contribution < 1.29 is 4.74 Å². The predicted molar refractivity (Wildman–Crippen MR) is 78.9 cm³/mol. The molecule has 0 saturated heterocycles. The van der Waals surface area contributed by atoms with E-state index in [1.54, 1.807) is 0 Å². The fraction of sp³-hybridized carbons (Fsp3) is 1.00. The van der Waals surface area contributed by atoms with Gasteiger partial charge in [-0.1, -0.05) is 27.7 Å². The van der Waals surface area contributed by atoms with Crippen LogP contribution < -0.4 is 5.32 Å². The molecule has 1 aliphatic rings. The Morgan fingerprint density at radius 2 is 1.67 bits per heavy atom. The highest BCUT2D eigenvalue weighted by Crippen LogP contribution is 2.21. The summed E-state index contributed by atoms with van der Waals surface area (Å²) in [6.07, 6.45) is 6.51. The summed E-state index contributed by atoms with van der Waals surface area (Å²) in [6, 6.07) is 0.835. The van der Waals surface area contributed by atoms with Crippen LogP contribution in [0.3, 0.4) is 0 Å². The predicted octanol–water partition coefficient (Wildman–Crippen LogP) is 3.85. The highest BCUT2D eigenvalue weighted by atomic mass is 16.5. The molecule has 0 radical (unpaired) electrons. The zero-order valence-corrected chi connectivity index (χ0v) is 12.9. The largest absolute Gasteiger partial charge is 0.381 e. The third kappa shape index (κ3) is 8.93. The third-order valence-corrected chi connectivity index (χ3v) is 3.59. The first-order valence-corrected chi connectivity index (χ1v) is 7.89. The van der Waals surface area contributed by atoms with Crippen molar-refractivity contribution in [2.75, 3.05) is 19.8 Å². The Morgan fingerprint density at radius 3 is 2.22 bits per heavy atom. The summed E-state index contributed by atoms with van der Waals surface area (Å²) in [5, 5.41) is 3.67. The van der Waals surface area contributed by atoms with Crippen LogP contribution in [0.1, 0.15) is 59.8 Å². The van der Waals surface area contributed by atoms with Crippen LogP contribution in [0.25, 0.3) is 0 Å². The SMILES string of the molecule is CC(C)CCOCCC(CNC1CC1)CC(C)C. The summed E-state index contributed by atoms with van der Waals surface area (Å²) in [5.74, 6) is 2.35. The Labute approximate surface area is 114 Å². The van der Waals surface area contributed by atoms with Crippen molar-refractivity contribution in [1.29, 1.82) is 0 Å². The Kier molecular flexibility index (Phi) is 7.92. The van der Waals surface area contributed by atoms with E-state index in [0.29, 0.717) is 0 Å². The average Bonchev–Trinajstić information content (AvgIpc) is 3.07. The number of hydrogen-bond acceptors (Lipinski definition) is 2. The molecular weight excluding hydrogens is 222 g/mol. The Hall–Kier alpha value is -0.0800. The fourth-order valence-corrected chi connectivity index (χ4v) is 2.26. The topological polar surface area (TPSA) is 21.3 Å². The van der Waals surface area contributed by atoms with E-state index < -0.39 is 0 Å². The smallest absolute Gasteiger partial charge is 0.0469 e. The van der Waals surface area contributed by atoms with Crippen molar-refractivity contribution in [3.05, 3.63) is 0 Å². The minimum atomic E-state index is 0.757. The molecule has 0 aromatic carbocycles. The fourth-order valence-electron chi connectivity index (χ4n) is 2.26.